The minimum atomic E-state index is -0.515. The predicted octanol–water partition coefficient (Wildman–Crippen LogP) is 0.0968. The summed E-state index contributed by atoms with van der Waals surface area (Å²) in [6, 6.07) is -0.187. The molecule has 0 aromatic rings. The van der Waals surface area contributed by atoms with Gasteiger partial charge in [-0.2, -0.15) is 0 Å². The van der Waals surface area contributed by atoms with Gasteiger partial charge in [0.2, 0.25) is 11.8 Å². The zero-order valence-electron chi connectivity index (χ0n) is 10.9. The fourth-order valence-electron chi connectivity index (χ4n) is 1.55. The molecule has 5 heteroatoms. The maximum atomic E-state index is 11.9. The SMILES string of the molecule is CCC(C)[C@H](N)C(=O)N(C)CC(=O)NC1CC1. The van der Waals surface area contributed by atoms with Gasteiger partial charge in [0, 0.05) is 13.1 Å². The molecule has 1 unspecified atom stereocenters. The van der Waals surface area contributed by atoms with E-state index in [1.54, 1.807) is 7.05 Å². The largest absolute Gasteiger partial charge is 0.352 e. The molecule has 1 fully saturated rings. The Hall–Kier alpha value is -1.10. The standard InChI is InChI=1S/C12H23N3O2/c1-4-8(2)11(13)12(17)15(3)7-10(16)14-9-5-6-9/h8-9,11H,4-7,13H2,1-3H3,(H,14,16)/t8?,11-/m0/s1. The Labute approximate surface area is 103 Å². The zero-order chi connectivity index (χ0) is 13.0. The highest BCUT2D eigenvalue weighted by Crippen LogP contribution is 2.18. The third-order valence-corrected chi connectivity index (χ3v) is 3.24. The maximum Gasteiger partial charge on any atom is 0.239 e. The van der Waals surface area contributed by atoms with Crippen molar-refractivity contribution in [2.75, 3.05) is 13.6 Å². The van der Waals surface area contributed by atoms with E-state index in [2.05, 4.69) is 5.32 Å². The molecular weight excluding hydrogens is 218 g/mol. The fourth-order valence-corrected chi connectivity index (χ4v) is 1.55. The maximum absolute atomic E-state index is 11.9. The molecule has 0 radical (unpaired) electrons. The van der Waals surface area contributed by atoms with Crippen molar-refractivity contribution in [1.82, 2.24) is 10.2 Å². The van der Waals surface area contributed by atoms with E-state index in [9.17, 15) is 9.59 Å². The fraction of sp³-hybridized carbons (Fsp3) is 0.833. The molecule has 2 atom stereocenters. The summed E-state index contributed by atoms with van der Waals surface area (Å²) in [6.45, 7) is 4.04. The molecular formula is C12H23N3O2. The highest BCUT2D eigenvalue weighted by molar-refractivity contribution is 5.87. The van der Waals surface area contributed by atoms with Crippen molar-refractivity contribution in [3.05, 3.63) is 0 Å². The predicted molar refractivity (Wildman–Crippen MR) is 66.2 cm³/mol. The Morgan fingerprint density at radius 1 is 1.47 bits per heavy atom. The van der Waals surface area contributed by atoms with Crippen molar-refractivity contribution in [3.63, 3.8) is 0 Å². The second-order valence-electron chi connectivity index (χ2n) is 4.95. The van der Waals surface area contributed by atoms with Crippen LogP contribution in [0.25, 0.3) is 0 Å². The molecule has 5 nitrogen and oxygen atoms in total. The molecule has 0 aromatic carbocycles. The summed E-state index contributed by atoms with van der Waals surface area (Å²) < 4.78 is 0. The van der Waals surface area contributed by atoms with Gasteiger partial charge in [0.1, 0.15) is 0 Å². The molecule has 1 aliphatic rings. The lowest BCUT2D eigenvalue weighted by Gasteiger charge is -2.24. The molecule has 0 aliphatic heterocycles. The Morgan fingerprint density at radius 2 is 2.06 bits per heavy atom. The number of nitrogens with two attached hydrogens (primary N) is 1. The minimum absolute atomic E-state index is 0.0967. The van der Waals surface area contributed by atoms with Gasteiger partial charge in [-0.25, -0.2) is 0 Å². The first-order valence-electron chi connectivity index (χ1n) is 6.25. The molecule has 0 bridgehead atoms. The first kappa shape index (κ1) is 14.0. The summed E-state index contributed by atoms with van der Waals surface area (Å²) in [5.74, 6) is -0.124. The number of nitrogens with one attached hydrogen (secondary N) is 1. The number of likely N-dealkylation sites (N-methyl/N-ethyl adjacent to an activating group) is 1. The van der Waals surface area contributed by atoms with Crippen LogP contribution in [0.3, 0.4) is 0 Å². The van der Waals surface area contributed by atoms with Gasteiger partial charge in [-0.15, -0.1) is 0 Å². The lowest BCUT2D eigenvalue weighted by molar-refractivity contribution is -0.136. The average Bonchev–Trinajstić information content (AvgIpc) is 3.09. The van der Waals surface area contributed by atoms with Crippen LogP contribution < -0.4 is 11.1 Å². The van der Waals surface area contributed by atoms with Crippen molar-refractivity contribution >= 4 is 11.8 Å². The lowest BCUT2D eigenvalue weighted by atomic mass is 9.99. The first-order chi connectivity index (χ1) is 7.95. The molecule has 1 aliphatic carbocycles. The Kier molecular flexibility index (Phi) is 4.93. The van der Waals surface area contributed by atoms with Gasteiger partial charge < -0.3 is 16.0 Å². The van der Waals surface area contributed by atoms with E-state index in [-0.39, 0.29) is 24.3 Å². The van der Waals surface area contributed by atoms with E-state index in [1.165, 1.54) is 4.90 Å². The van der Waals surface area contributed by atoms with E-state index >= 15 is 0 Å². The molecule has 0 heterocycles. The third-order valence-electron chi connectivity index (χ3n) is 3.24. The van der Waals surface area contributed by atoms with Gasteiger partial charge in [-0.3, -0.25) is 9.59 Å². The second kappa shape index (κ2) is 6.00. The van der Waals surface area contributed by atoms with Crippen LogP contribution >= 0.6 is 0 Å². The Bertz CT molecular complexity index is 289. The Balaban J connectivity index is 2.36. The van der Waals surface area contributed by atoms with Crippen molar-refractivity contribution < 1.29 is 9.59 Å². The molecule has 98 valence electrons. The number of carbonyl (C=O) groups excluding carboxylic acids is 2. The van der Waals surface area contributed by atoms with Crippen LogP contribution in [0.2, 0.25) is 0 Å². The number of hydrogen-bond donors (Lipinski definition) is 2. The van der Waals surface area contributed by atoms with Gasteiger partial charge in [0.25, 0.3) is 0 Å². The molecule has 17 heavy (non-hydrogen) atoms. The highest BCUT2D eigenvalue weighted by Gasteiger charge is 2.26. The van der Waals surface area contributed by atoms with Gasteiger partial charge in [-0.1, -0.05) is 20.3 Å². The monoisotopic (exact) mass is 241 g/mol. The number of amides is 2. The number of carbonyl (C=O) groups is 2. The molecule has 2 amide bonds. The van der Waals surface area contributed by atoms with Gasteiger partial charge in [0.15, 0.2) is 0 Å². The summed E-state index contributed by atoms with van der Waals surface area (Å²) >= 11 is 0. The number of rotatable bonds is 6. The lowest BCUT2D eigenvalue weighted by Crippen LogP contribution is -2.48. The van der Waals surface area contributed by atoms with Crippen molar-refractivity contribution in [2.45, 2.75) is 45.2 Å². The van der Waals surface area contributed by atoms with Crippen LogP contribution in [-0.4, -0.2) is 42.4 Å². The number of hydrogen-bond acceptors (Lipinski definition) is 3. The van der Waals surface area contributed by atoms with Crippen molar-refractivity contribution in [2.24, 2.45) is 11.7 Å². The first-order valence-corrected chi connectivity index (χ1v) is 6.25. The summed E-state index contributed by atoms with van der Waals surface area (Å²) in [4.78, 5) is 24.8. The van der Waals surface area contributed by atoms with E-state index in [0.717, 1.165) is 19.3 Å². The zero-order valence-corrected chi connectivity index (χ0v) is 10.9. The summed E-state index contributed by atoms with van der Waals surface area (Å²) in [7, 11) is 1.62. The van der Waals surface area contributed by atoms with Crippen LogP contribution in [0.4, 0.5) is 0 Å². The quantitative estimate of drug-likeness (QED) is 0.692. The van der Waals surface area contributed by atoms with Gasteiger partial charge in [-0.05, 0) is 18.8 Å². The van der Waals surface area contributed by atoms with Crippen LogP contribution in [0.1, 0.15) is 33.1 Å². The summed E-state index contributed by atoms with van der Waals surface area (Å²) in [5, 5.41) is 2.85. The molecule has 0 saturated heterocycles. The van der Waals surface area contributed by atoms with Gasteiger partial charge >= 0.3 is 0 Å². The van der Waals surface area contributed by atoms with Crippen LogP contribution in [0.5, 0.6) is 0 Å². The summed E-state index contributed by atoms with van der Waals surface area (Å²) in [5.41, 5.74) is 5.84. The molecule has 3 N–H and O–H groups in total. The van der Waals surface area contributed by atoms with E-state index in [0.29, 0.717) is 6.04 Å². The average molecular weight is 241 g/mol. The van der Waals surface area contributed by atoms with E-state index < -0.39 is 6.04 Å². The molecule has 0 spiro atoms. The topological polar surface area (TPSA) is 75.4 Å². The van der Waals surface area contributed by atoms with E-state index in [1.807, 2.05) is 13.8 Å². The molecule has 0 aromatic heterocycles. The second-order valence-corrected chi connectivity index (χ2v) is 4.95. The molecule has 1 rings (SSSR count). The summed E-state index contributed by atoms with van der Waals surface area (Å²) in [6.07, 6.45) is 2.96. The Morgan fingerprint density at radius 3 is 2.53 bits per heavy atom. The van der Waals surface area contributed by atoms with Crippen molar-refractivity contribution in [1.29, 1.82) is 0 Å². The van der Waals surface area contributed by atoms with Gasteiger partial charge in [0.05, 0.1) is 12.6 Å². The highest BCUT2D eigenvalue weighted by atomic mass is 16.2. The molecule has 1 saturated carbocycles. The normalized spacial score (nSPS) is 18.4. The van der Waals surface area contributed by atoms with Crippen molar-refractivity contribution in [3.8, 4) is 0 Å². The smallest absolute Gasteiger partial charge is 0.239 e. The van der Waals surface area contributed by atoms with Crippen LogP contribution in [-0.2, 0) is 9.59 Å². The van der Waals surface area contributed by atoms with Crippen LogP contribution in [0.15, 0.2) is 0 Å². The minimum Gasteiger partial charge on any atom is -0.352 e. The van der Waals surface area contributed by atoms with Crippen LogP contribution in [0, 0.1) is 5.92 Å². The third kappa shape index (κ3) is 4.34. The number of nitrogens with zero attached hydrogens (tertiary/aromatic N) is 1. The van der Waals surface area contributed by atoms with E-state index in [4.69, 9.17) is 5.73 Å².